The first kappa shape index (κ1) is 16.2. The summed E-state index contributed by atoms with van der Waals surface area (Å²) in [5.41, 5.74) is 0.382. The van der Waals surface area contributed by atoms with Gasteiger partial charge in [0.2, 0.25) is 11.3 Å². The van der Waals surface area contributed by atoms with Crippen molar-refractivity contribution < 1.29 is 9.21 Å². The second-order valence-electron chi connectivity index (χ2n) is 5.91. The third-order valence-electron chi connectivity index (χ3n) is 4.19. The lowest BCUT2D eigenvalue weighted by Crippen LogP contribution is -2.28. The van der Waals surface area contributed by atoms with E-state index in [0.717, 1.165) is 36.7 Å². The quantitative estimate of drug-likeness (QED) is 0.499. The highest BCUT2D eigenvalue weighted by Crippen LogP contribution is 2.28. The van der Waals surface area contributed by atoms with Crippen LogP contribution in [0.25, 0.3) is 21.7 Å². The molecule has 0 radical (unpaired) electrons. The fourth-order valence-corrected chi connectivity index (χ4v) is 3.16. The predicted octanol–water partition coefficient (Wildman–Crippen LogP) is 4.39. The summed E-state index contributed by atoms with van der Waals surface area (Å²) in [4.78, 5) is 26.6. The Morgan fingerprint density at radius 1 is 1.04 bits per heavy atom. The van der Waals surface area contributed by atoms with Crippen LogP contribution in [-0.2, 0) is 0 Å². The number of anilines is 1. The lowest BCUT2D eigenvalue weighted by Gasteiger charge is -2.23. The van der Waals surface area contributed by atoms with Gasteiger partial charge in [-0.25, -0.2) is 0 Å². The molecule has 4 heteroatoms. The van der Waals surface area contributed by atoms with Crippen LogP contribution in [-0.4, -0.2) is 19.4 Å². The zero-order chi connectivity index (χ0) is 17.1. The van der Waals surface area contributed by atoms with E-state index in [4.69, 9.17) is 4.42 Å². The Hall–Kier alpha value is -2.62. The monoisotopic (exact) mass is 323 g/mol. The van der Waals surface area contributed by atoms with E-state index in [9.17, 15) is 9.59 Å². The molecule has 0 aliphatic carbocycles. The van der Waals surface area contributed by atoms with E-state index < -0.39 is 0 Å². The van der Waals surface area contributed by atoms with Crippen LogP contribution >= 0.6 is 0 Å². The van der Waals surface area contributed by atoms with Gasteiger partial charge in [-0.05, 0) is 29.7 Å². The second-order valence-corrected chi connectivity index (χ2v) is 5.91. The van der Waals surface area contributed by atoms with Gasteiger partial charge >= 0.3 is 0 Å². The van der Waals surface area contributed by atoms with Gasteiger partial charge in [-0.2, -0.15) is 0 Å². The normalized spacial score (nSPS) is 11.1. The van der Waals surface area contributed by atoms with Crippen molar-refractivity contribution in [3.8, 4) is 0 Å². The molecule has 0 atom stereocenters. The van der Waals surface area contributed by atoms with E-state index in [0.29, 0.717) is 23.1 Å². The highest BCUT2D eigenvalue weighted by Gasteiger charge is 2.20. The topological polar surface area (TPSA) is 50.5 Å². The van der Waals surface area contributed by atoms with Crippen LogP contribution < -0.4 is 10.3 Å². The molecule has 2 aromatic carbocycles. The van der Waals surface area contributed by atoms with Crippen molar-refractivity contribution >= 4 is 33.9 Å². The molecular formula is C20H21NO3. The van der Waals surface area contributed by atoms with Crippen LogP contribution in [0.4, 0.5) is 5.88 Å². The number of hydrogen-bond donors (Lipinski definition) is 0. The van der Waals surface area contributed by atoms with Gasteiger partial charge < -0.3 is 9.32 Å². The largest absolute Gasteiger partial charge is 0.439 e. The molecular weight excluding hydrogens is 302 g/mol. The molecule has 0 spiro atoms. The third-order valence-corrected chi connectivity index (χ3v) is 4.19. The van der Waals surface area contributed by atoms with E-state index in [1.807, 2.05) is 41.3 Å². The standard InChI is InChI=1S/C20H21NO3/c1-3-11-21(12-4-2)20-16(13-22)19(23)18-15-8-6-5-7-14(15)9-10-17(18)24-20/h5-10,13H,3-4,11-12H2,1-2H3. The number of fused-ring (bicyclic) bond motifs is 3. The molecule has 3 aromatic rings. The van der Waals surface area contributed by atoms with Crippen molar-refractivity contribution in [2.24, 2.45) is 0 Å². The van der Waals surface area contributed by atoms with E-state index in [1.54, 1.807) is 0 Å². The summed E-state index contributed by atoms with van der Waals surface area (Å²) in [6.07, 6.45) is 2.45. The van der Waals surface area contributed by atoms with Crippen LogP contribution in [0.15, 0.2) is 45.6 Å². The summed E-state index contributed by atoms with van der Waals surface area (Å²) in [7, 11) is 0. The fourth-order valence-electron chi connectivity index (χ4n) is 3.16. The zero-order valence-electron chi connectivity index (χ0n) is 14.0. The van der Waals surface area contributed by atoms with Crippen molar-refractivity contribution in [2.45, 2.75) is 26.7 Å². The van der Waals surface area contributed by atoms with E-state index in [2.05, 4.69) is 13.8 Å². The van der Waals surface area contributed by atoms with Gasteiger partial charge in [0.25, 0.3) is 0 Å². The molecule has 4 nitrogen and oxygen atoms in total. The summed E-state index contributed by atoms with van der Waals surface area (Å²) < 4.78 is 6.03. The molecule has 0 amide bonds. The Morgan fingerprint density at radius 3 is 2.42 bits per heavy atom. The van der Waals surface area contributed by atoms with E-state index in [-0.39, 0.29) is 11.0 Å². The fraction of sp³-hybridized carbons (Fsp3) is 0.300. The number of carbonyl (C=O) groups excluding carboxylic acids is 1. The van der Waals surface area contributed by atoms with Gasteiger partial charge in [0.05, 0.1) is 5.39 Å². The Bertz CT molecular complexity index is 937. The molecule has 124 valence electrons. The SMILES string of the molecule is CCCN(CCC)c1oc2ccc3ccccc3c2c(=O)c1C=O. The van der Waals surface area contributed by atoms with Crippen molar-refractivity contribution in [3.63, 3.8) is 0 Å². The number of rotatable bonds is 6. The molecule has 0 aliphatic rings. The maximum absolute atomic E-state index is 13.0. The van der Waals surface area contributed by atoms with Crippen LogP contribution in [0, 0.1) is 0 Å². The van der Waals surface area contributed by atoms with Gasteiger partial charge in [0.1, 0.15) is 11.1 Å². The Balaban J connectivity index is 2.35. The summed E-state index contributed by atoms with van der Waals surface area (Å²) in [5.74, 6) is 0.390. The minimum Gasteiger partial charge on any atom is -0.439 e. The van der Waals surface area contributed by atoms with E-state index >= 15 is 0 Å². The number of aldehydes is 1. The molecule has 0 saturated heterocycles. The van der Waals surface area contributed by atoms with Crippen molar-refractivity contribution in [1.82, 2.24) is 0 Å². The lowest BCUT2D eigenvalue weighted by molar-refractivity contribution is 0.112. The number of benzene rings is 2. The molecule has 1 aromatic heterocycles. The second kappa shape index (κ2) is 6.87. The Labute approximate surface area is 140 Å². The molecule has 0 bridgehead atoms. The van der Waals surface area contributed by atoms with Gasteiger partial charge in [0, 0.05) is 13.1 Å². The molecule has 0 unspecified atom stereocenters. The Morgan fingerprint density at radius 2 is 1.75 bits per heavy atom. The van der Waals surface area contributed by atoms with Crippen LogP contribution in [0.2, 0.25) is 0 Å². The van der Waals surface area contributed by atoms with Crippen molar-refractivity contribution in [2.75, 3.05) is 18.0 Å². The molecule has 0 N–H and O–H groups in total. The van der Waals surface area contributed by atoms with E-state index in [1.165, 1.54) is 0 Å². The zero-order valence-corrected chi connectivity index (χ0v) is 14.0. The van der Waals surface area contributed by atoms with Gasteiger partial charge in [0.15, 0.2) is 6.29 Å². The van der Waals surface area contributed by atoms with Crippen LogP contribution in [0.5, 0.6) is 0 Å². The molecule has 24 heavy (non-hydrogen) atoms. The average molecular weight is 323 g/mol. The molecule has 0 saturated carbocycles. The maximum Gasteiger partial charge on any atom is 0.210 e. The summed E-state index contributed by atoms with van der Waals surface area (Å²) >= 11 is 0. The first-order valence-corrected chi connectivity index (χ1v) is 8.40. The minimum absolute atomic E-state index is 0.112. The van der Waals surface area contributed by atoms with Gasteiger partial charge in [-0.15, -0.1) is 0 Å². The van der Waals surface area contributed by atoms with Gasteiger partial charge in [-0.1, -0.05) is 44.2 Å². The summed E-state index contributed by atoms with van der Waals surface area (Å²) in [6, 6.07) is 11.4. The maximum atomic E-state index is 13.0. The highest BCUT2D eigenvalue weighted by molar-refractivity contribution is 6.07. The third kappa shape index (κ3) is 2.68. The molecule has 1 heterocycles. The summed E-state index contributed by atoms with van der Waals surface area (Å²) in [5, 5.41) is 2.25. The first-order chi connectivity index (χ1) is 11.7. The molecule has 0 aliphatic heterocycles. The first-order valence-electron chi connectivity index (χ1n) is 8.40. The predicted molar refractivity (Wildman–Crippen MR) is 98.2 cm³/mol. The minimum atomic E-state index is -0.254. The smallest absolute Gasteiger partial charge is 0.210 e. The van der Waals surface area contributed by atoms with Crippen molar-refractivity contribution in [1.29, 1.82) is 0 Å². The van der Waals surface area contributed by atoms with Crippen LogP contribution in [0.1, 0.15) is 37.0 Å². The highest BCUT2D eigenvalue weighted by atomic mass is 16.4. The van der Waals surface area contributed by atoms with Crippen LogP contribution in [0.3, 0.4) is 0 Å². The lowest BCUT2D eigenvalue weighted by atomic mass is 10.0. The number of hydrogen-bond acceptors (Lipinski definition) is 4. The molecule has 3 rings (SSSR count). The average Bonchev–Trinajstić information content (AvgIpc) is 2.61. The van der Waals surface area contributed by atoms with Crippen molar-refractivity contribution in [3.05, 3.63) is 52.2 Å². The Kier molecular flexibility index (Phi) is 4.65. The number of nitrogens with zero attached hydrogens (tertiary/aromatic N) is 1. The molecule has 0 fully saturated rings. The summed E-state index contributed by atoms with van der Waals surface area (Å²) in [6.45, 7) is 5.62. The van der Waals surface area contributed by atoms with Gasteiger partial charge in [-0.3, -0.25) is 9.59 Å². The number of carbonyl (C=O) groups is 1.